The van der Waals surface area contributed by atoms with Crippen LogP contribution in [0.2, 0.25) is 0 Å². The van der Waals surface area contributed by atoms with Crippen molar-refractivity contribution in [1.82, 2.24) is 9.80 Å². The third-order valence-electron chi connectivity index (χ3n) is 5.65. The predicted molar refractivity (Wildman–Crippen MR) is 105 cm³/mol. The highest BCUT2D eigenvalue weighted by Crippen LogP contribution is 2.30. The quantitative estimate of drug-likeness (QED) is 0.824. The molecule has 0 radical (unpaired) electrons. The van der Waals surface area contributed by atoms with Gasteiger partial charge in [-0.15, -0.1) is 0 Å². The molecule has 0 heterocycles. The Bertz CT molecular complexity index is 657. The molecule has 1 fully saturated rings. The highest BCUT2D eigenvalue weighted by atomic mass is 16.3. The lowest BCUT2D eigenvalue weighted by Gasteiger charge is -2.42. The third kappa shape index (κ3) is 4.37. The highest BCUT2D eigenvalue weighted by Gasteiger charge is 2.31. The van der Waals surface area contributed by atoms with Crippen molar-refractivity contribution < 1.29 is 10.2 Å². The van der Waals surface area contributed by atoms with E-state index in [9.17, 15) is 10.2 Å². The maximum Gasteiger partial charge on any atom is 0.120 e. The van der Waals surface area contributed by atoms with Crippen LogP contribution in [0.15, 0.2) is 48.5 Å². The molecule has 1 saturated carbocycles. The molecule has 1 aliphatic rings. The minimum atomic E-state index is 0.370. The second-order valence-corrected chi connectivity index (χ2v) is 7.51. The van der Waals surface area contributed by atoms with E-state index in [0.717, 1.165) is 24.2 Å². The first kappa shape index (κ1) is 18.7. The summed E-state index contributed by atoms with van der Waals surface area (Å²) in [7, 11) is 4.31. The van der Waals surface area contributed by atoms with Gasteiger partial charge in [0.05, 0.1) is 0 Å². The lowest BCUT2D eigenvalue weighted by Crippen LogP contribution is -2.50. The number of aromatic hydroxyl groups is 2. The highest BCUT2D eigenvalue weighted by molar-refractivity contribution is 5.32. The summed E-state index contributed by atoms with van der Waals surface area (Å²) in [6.07, 6.45) is 4.83. The number of phenols is 2. The zero-order chi connectivity index (χ0) is 18.5. The van der Waals surface area contributed by atoms with Crippen LogP contribution in [0.5, 0.6) is 11.5 Å². The Balaban J connectivity index is 1.70. The summed E-state index contributed by atoms with van der Waals surface area (Å²) >= 11 is 0. The Morgan fingerprint density at radius 1 is 0.731 bits per heavy atom. The van der Waals surface area contributed by atoms with Crippen LogP contribution in [-0.2, 0) is 13.1 Å². The molecule has 0 spiro atoms. The minimum absolute atomic E-state index is 0.370. The van der Waals surface area contributed by atoms with Gasteiger partial charge in [-0.05, 0) is 39.1 Å². The van der Waals surface area contributed by atoms with E-state index in [1.165, 1.54) is 25.7 Å². The number of para-hydroxylation sites is 2. The van der Waals surface area contributed by atoms with Crippen LogP contribution in [0.3, 0.4) is 0 Å². The fourth-order valence-corrected chi connectivity index (χ4v) is 4.18. The molecule has 0 saturated heterocycles. The molecule has 1 aliphatic carbocycles. The summed E-state index contributed by atoms with van der Waals surface area (Å²) in [6.45, 7) is 1.50. The molecule has 2 unspecified atom stereocenters. The molecule has 2 aromatic carbocycles. The van der Waals surface area contributed by atoms with E-state index >= 15 is 0 Å². The van der Waals surface area contributed by atoms with Crippen LogP contribution < -0.4 is 0 Å². The van der Waals surface area contributed by atoms with Crippen molar-refractivity contribution >= 4 is 0 Å². The van der Waals surface area contributed by atoms with Crippen LogP contribution >= 0.6 is 0 Å². The molecule has 2 N–H and O–H groups in total. The molecule has 140 valence electrons. The van der Waals surface area contributed by atoms with E-state index in [0.29, 0.717) is 23.6 Å². The first-order valence-electron chi connectivity index (χ1n) is 9.50. The van der Waals surface area contributed by atoms with Gasteiger partial charge in [-0.25, -0.2) is 0 Å². The fraction of sp³-hybridized carbons (Fsp3) is 0.455. The summed E-state index contributed by atoms with van der Waals surface area (Å²) in [5.74, 6) is 0.739. The maximum atomic E-state index is 10.1. The van der Waals surface area contributed by atoms with Crippen molar-refractivity contribution in [2.24, 2.45) is 0 Å². The topological polar surface area (TPSA) is 46.9 Å². The molecule has 4 nitrogen and oxygen atoms in total. The molecule has 26 heavy (non-hydrogen) atoms. The van der Waals surface area contributed by atoms with Gasteiger partial charge in [0.2, 0.25) is 0 Å². The van der Waals surface area contributed by atoms with Gasteiger partial charge in [0.15, 0.2) is 0 Å². The molecule has 0 bridgehead atoms. The van der Waals surface area contributed by atoms with Crippen molar-refractivity contribution in [3.05, 3.63) is 59.7 Å². The number of benzene rings is 2. The normalized spacial score (nSPS) is 20.6. The van der Waals surface area contributed by atoms with E-state index in [4.69, 9.17) is 0 Å². The van der Waals surface area contributed by atoms with Gasteiger partial charge in [0.25, 0.3) is 0 Å². The second-order valence-electron chi connectivity index (χ2n) is 7.51. The van der Waals surface area contributed by atoms with Crippen molar-refractivity contribution in [3.63, 3.8) is 0 Å². The number of rotatable bonds is 6. The van der Waals surface area contributed by atoms with Crippen molar-refractivity contribution in [3.8, 4) is 11.5 Å². The maximum absolute atomic E-state index is 10.1. The number of likely N-dealkylation sites (N-methyl/N-ethyl adjacent to an activating group) is 2. The lowest BCUT2D eigenvalue weighted by molar-refractivity contribution is 0.0685. The summed E-state index contributed by atoms with van der Waals surface area (Å²) < 4.78 is 0. The summed E-state index contributed by atoms with van der Waals surface area (Å²) in [5.41, 5.74) is 1.95. The fourth-order valence-electron chi connectivity index (χ4n) is 4.18. The molecule has 4 heteroatoms. The largest absolute Gasteiger partial charge is 0.508 e. The number of phenolic OH excluding ortho intramolecular Hbond substituents is 2. The average Bonchev–Trinajstić information content (AvgIpc) is 2.65. The lowest BCUT2D eigenvalue weighted by atomic mass is 9.88. The third-order valence-corrected chi connectivity index (χ3v) is 5.65. The molecular formula is C22H30N2O2. The van der Waals surface area contributed by atoms with Crippen LogP contribution in [-0.4, -0.2) is 46.2 Å². The number of nitrogens with zero attached hydrogens (tertiary/aromatic N) is 2. The van der Waals surface area contributed by atoms with Crippen molar-refractivity contribution in [1.29, 1.82) is 0 Å². The Morgan fingerprint density at radius 3 is 1.50 bits per heavy atom. The molecule has 2 aromatic rings. The zero-order valence-electron chi connectivity index (χ0n) is 15.8. The zero-order valence-corrected chi connectivity index (χ0v) is 15.8. The minimum Gasteiger partial charge on any atom is -0.508 e. The Labute approximate surface area is 156 Å². The van der Waals surface area contributed by atoms with Gasteiger partial charge in [0.1, 0.15) is 11.5 Å². The van der Waals surface area contributed by atoms with E-state index < -0.39 is 0 Å². The van der Waals surface area contributed by atoms with Gasteiger partial charge in [0, 0.05) is 36.3 Å². The Hall–Kier alpha value is -2.04. The smallest absolute Gasteiger partial charge is 0.120 e. The first-order chi connectivity index (χ1) is 12.6. The average molecular weight is 354 g/mol. The van der Waals surface area contributed by atoms with Gasteiger partial charge in [-0.1, -0.05) is 49.2 Å². The molecule has 3 rings (SSSR count). The standard InChI is InChI=1S/C22H30N2O2/c1-23(15-17-9-3-7-13-21(17)25)19-11-5-6-12-20(19)24(2)16-18-10-4-8-14-22(18)26/h3-4,7-10,13-14,19-20,25-26H,5-6,11-12,15-16H2,1-2H3. The summed E-state index contributed by atoms with van der Waals surface area (Å²) in [6, 6.07) is 16.1. The van der Waals surface area contributed by atoms with Crippen molar-refractivity contribution in [2.75, 3.05) is 14.1 Å². The molecular weight excluding hydrogens is 324 g/mol. The van der Waals surface area contributed by atoms with Gasteiger partial charge < -0.3 is 10.2 Å². The van der Waals surface area contributed by atoms with Crippen LogP contribution in [0.4, 0.5) is 0 Å². The summed E-state index contributed by atoms with van der Waals surface area (Å²) in [4.78, 5) is 4.75. The molecule has 2 atom stereocenters. The summed E-state index contributed by atoms with van der Waals surface area (Å²) in [5, 5.41) is 20.2. The Kier molecular flexibility index (Phi) is 6.17. The van der Waals surface area contributed by atoms with E-state index in [-0.39, 0.29) is 0 Å². The molecule has 0 aromatic heterocycles. The predicted octanol–water partition coefficient (Wildman–Crippen LogP) is 3.97. The molecule has 0 aliphatic heterocycles. The number of hydrogen-bond acceptors (Lipinski definition) is 4. The van der Waals surface area contributed by atoms with E-state index in [1.54, 1.807) is 12.1 Å². The number of hydrogen-bond donors (Lipinski definition) is 2. The van der Waals surface area contributed by atoms with E-state index in [2.05, 4.69) is 23.9 Å². The molecule has 0 amide bonds. The van der Waals surface area contributed by atoms with Crippen LogP contribution in [0.25, 0.3) is 0 Å². The van der Waals surface area contributed by atoms with Crippen molar-refractivity contribution in [2.45, 2.75) is 50.9 Å². The van der Waals surface area contributed by atoms with Gasteiger partial charge in [-0.3, -0.25) is 9.80 Å². The SMILES string of the molecule is CN(Cc1ccccc1O)C1CCCCC1N(C)Cc1ccccc1O. The van der Waals surface area contributed by atoms with Gasteiger partial charge >= 0.3 is 0 Å². The first-order valence-corrected chi connectivity index (χ1v) is 9.50. The van der Waals surface area contributed by atoms with Crippen LogP contribution in [0.1, 0.15) is 36.8 Å². The Morgan fingerprint density at radius 2 is 1.12 bits per heavy atom. The van der Waals surface area contributed by atoms with Crippen LogP contribution in [0, 0.1) is 0 Å². The van der Waals surface area contributed by atoms with Gasteiger partial charge in [-0.2, -0.15) is 0 Å². The monoisotopic (exact) mass is 354 g/mol. The second kappa shape index (κ2) is 8.56. The van der Waals surface area contributed by atoms with E-state index in [1.807, 2.05) is 36.4 Å².